The predicted molar refractivity (Wildman–Crippen MR) is 88.1 cm³/mol. The number of nitrogens with one attached hydrogen (secondary N) is 1. The van der Waals surface area contributed by atoms with Gasteiger partial charge in [0.1, 0.15) is 11.7 Å². The van der Waals surface area contributed by atoms with Gasteiger partial charge < -0.3 is 10.6 Å². The number of nitrogens with two attached hydrogens (primary N) is 1. The number of rotatable bonds is 6. The van der Waals surface area contributed by atoms with E-state index < -0.39 is 4.92 Å². The van der Waals surface area contributed by atoms with Gasteiger partial charge in [-0.3, -0.25) is 14.9 Å². The van der Waals surface area contributed by atoms with Crippen molar-refractivity contribution in [2.24, 2.45) is 0 Å². The van der Waals surface area contributed by atoms with Crippen molar-refractivity contribution in [2.45, 2.75) is 19.9 Å². The Morgan fingerprint density at radius 2 is 1.91 bits per heavy atom. The lowest BCUT2D eigenvalue weighted by Gasteiger charge is -2.12. The summed E-state index contributed by atoms with van der Waals surface area (Å²) in [4.78, 5) is 22.7. The van der Waals surface area contributed by atoms with Gasteiger partial charge in [-0.05, 0) is 19.4 Å². The van der Waals surface area contributed by atoms with Gasteiger partial charge in [0, 0.05) is 11.6 Å². The predicted octanol–water partition coefficient (Wildman–Crippen LogP) is 2.17. The van der Waals surface area contributed by atoms with E-state index in [1.165, 1.54) is 6.07 Å². The molecular weight excluding hydrogens is 294 g/mol. The fraction of sp³-hybridized carbons (Fsp3) is 0.235. The number of carbonyl (C=O) groups excluding carboxylic acids is 1. The van der Waals surface area contributed by atoms with Gasteiger partial charge in [-0.2, -0.15) is 0 Å². The molecule has 120 valence electrons. The highest BCUT2D eigenvalue weighted by atomic mass is 16.6. The normalized spacial score (nSPS) is 11.7. The Morgan fingerprint density at radius 3 is 2.57 bits per heavy atom. The maximum atomic E-state index is 12.1. The number of benzene rings is 2. The number of hydrogen-bond donors (Lipinski definition) is 2. The molecule has 0 saturated carbocycles. The second kappa shape index (κ2) is 7.51. The van der Waals surface area contributed by atoms with E-state index in [0.29, 0.717) is 5.56 Å². The zero-order chi connectivity index (χ0) is 16.8. The molecule has 0 unspecified atom stereocenters. The highest BCUT2D eigenvalue weighted by Gasteiger charge is 2.19. The number of anilines is 1. The number of carbonyl (C=O) groups is 1. The number of quaternary nitrogens is 1. The van der Waals surface area contributed by atoms with E-state index in [1.807, 2.05) is 42.6 Å². The Bertz CT molecular complexity index is 701. The third-order valence-electron chi connectivity index (χ3n) is 3.69. The second-order valence-corrected chi connectivity index (χ2v) is 5.41. The van der Waals surface area contributed by atoms with Crippen molar-refractivity contribution in [1.29, 1.82) is 0 Å². The average molecular weight is 314 g/mol. The van der Waals surface area contributed by atoms with Crippen molar-refractivity contribution in [3.05, 3.63) is 69.8 Å². The molecule has 2 aromatic rings. The summed E-state index contributed by atoms with van der Waals surface area (Å²) in [5, 5.41) is 15.6. The molecule has 6 heteroatoms. The fourth-order valence-corrected chi connectivity index (χ4v) is 2.33. The van der Waals surface area contributed by atoms with Gasteiger partial charge in [0.05, 0.1) is 4.92 Å². The van der Waals surface area contributed by atoms with Crippen LogP contribution in [0.15, 0.2) is 48.5 Å². The topological polar surface area (TPSA) is 88.9 Å². The van der Waals surface area contributed by atoms with Crippen LogP contribution in [0.3, 0.4) is 0 Å². The largest absolute Gasteiger partial charge is 0.333 e. The smallest absolute Gasteiger partial charge is 0.293 e. The first kappa shape index (κ1) is 16.6. The van der Waals surface area contributed by atoms with Crippen LogP contribution in [-0.2, 0) is 4.79 Å². The zero-order valence-corrected chi connectivity index (χ0v) is 13.2. The van der Waals surface area contributed by atoms with E-state index in [-0.39, 0.29) is 29.9 Å². The summed E-state index contributed by atoms with van der Waals surface area (Å²) >= 11 is 0. The number of para-hydroxylation sites is 1. The third-order valence-corrected chi connectivity index (χ3v) is 3.69. The van der Waals surface area contributed by atoms with Crippen LogP contribution in [0.1, 0.15) is 24.1 Å². The molecule has 23 heavy (non-hydrogen) atoms. The third kappa shape index (κ3) is 4.37. The van der Waals surface area contributed by atoms with Gasteiger partial charge in [0.15, 0.2) is 6.54 Å². The molecule has 0 aliphatic heterocycles. The summed E-state index contributed by atoms with van der Waals surface area (Å²) < 4.78 is 0. The standard InChI is InChI=1S/C17H19N3O3/c1-12-7-6-10-15(20(22)23)17(12)19-16(21)11-18-13(2)14-8-4-3-5-9-14/h3-10,13,18H,11H2,1-2H3,(H,19,21)/p+1/t13-/m0/s1. The van der Waals surface area contributed by atoms with E-state index in [4.69, 9.17) is 0 Å². The van der Waals surface area contributed by atoms with Gasteiger partial charge in [-0.25, -0.2) is 0 Å². The number of nitro groups is 1. The minimum absolute atomic E-state index is 0.0885. The van der Waals surface area contributed by atoms with E-state index in [2.05, 4.69) is 5.32 Å². The highest BCUT2D eigenvalue weighted by molar-refractivity contribution is 5.94. The highest BCUT2D eigenvalue weighted by Crippen LogP contribution is 2.27. The van der Waals surface area contributed by atoms with Crippen molar-refractivity contribution >= 4 is 17.3 Å². The Morgan fingerprint density at radius 1 is 1.22 bits per heavy atom. The Labute approximate surface area is 134 Å². The van der Waals surface area contributed by atoms with Crippen LogP contribution in [-0.4, -0.2) is 17.4 Å². The summed E-state index contributed by atoms with van der Waals surface area (Å²) in [7, 11) is 0. The lowest BCUT2D eigenvalue weighted by molar-refractivity contribution is -0.682. The van der Waals surface area contributed by atoms with Gasteiger partial charge >= 0.3 is 0 Å². The van der Waals surface area contributed by atoms with Crippen LogP contribution >= 0.6 is 0 Å². The first-order valence-corrected chi connectivity index (χ1v) is 7.41. The van der Waals surface area contributed by atoms with Crippen molar-refractivity contribution in [1.82, 2.24) is 0 Å². The molecule has 2 aromatic carbocycles. The van der Waals surface area contributed by atoms with E-state index in [9.17, 15) is 14.9 Å². The molecular formula is C17H20N3O3+. The summed E-state index contributed by atoms with van der Waals surface area (Å²) in [5.74, 6) is -0.259. The maximum absolute atomic E-state index is 12.1. The molecule has 0 aliphatic carbocycles. The Hall–Kier alpha value is -2.73. The van der Waals surface area contributed by atoms with Crippen LogP contribution < -0.4 is 10.6 Å². The van der Waals surface area contributed by atoms with Crippen molar-refractivity contribution in [3.63, 3.8) is 0 Å². The van der Waals surface area contributed by atoms with Gasteiger partial charge in [-0.1, -0.05) is 42.5 Å². The van der Waals surface area contributed by atoms with Crippen LogP contribution in [0.5, 0.6) is 0 Å². The lowest BCUT2D eigenvalue weighted by Crippen LogP contribution is -2.86. The Balaban J connectivity index is 1.99. The second-order valence-electron chi connectivity index (χ2n) is 5.41. The van der Waals surface area contributed by atoms with E-state index in [0.717, 1.165) is 5.56 Å². The van der Waals surface area contributed by atoms with Crippen LogP contribution in [0.25, 0.3) is 0 Å². The first-order valence-electron chi connectivity index (χ1n) is 7.41. The summed E-state index contributed by atoms with van der Waals surface area (Å²) in [6, 6.07) is 14.7. The van der Waals surface area contributed by atoms with Crippen molar-refractivity contribution in [2.75, 3.05) is 11.9 Å². The molecule has 0 heterocycles. The van der Waals surface area contributed by atoms with Crippen molar-refractivity contribution < 1.29 is 15.0 Å². The van der Waals surface area contributed by atoms with E-state index in [1.54, 1.807) is 19.1 Å². The summed E-state index contributed by atoms with van der Waals surface area (Å²) in [6.07, 6.45) is 0. The van der Waals surface area contributed by atoms with Gasteiger partial charge in [0.2, 0.25) is 0 Å². The quantitative estimate of drug-likeness (QED) is 0.632. The number of aryl methyl sites for hydroxylation is 1. The molecule has 1 atom stereocenters. The summed E-state index contributed by atoms with van der Waals surface area (Å²) in [6.45, 7) is 3.94. The molecule has 0 saturated heterocycles. The molecule has 2 rings (SSSR count). The average Bonchev–Trinajstić information content (AvgIpc) is 2.55. The van der Waals surface area contributed by atoms with Crippen LogP contribution in [0.4, 0.5) is 11.4 Å². The van der Waals surface area contributed by atoms with E-state index >= 15 is 0 Å². The fourth-order valence-electron chi connectivity index (χ4n) is 2.33. The monoisotopic (exact) mass is 314 g/mol. The zero-order valence-electron chi connectivity index (χ0n) is 13.2. The molecule has 1 amide bonds. The molecule has 0 bridgehead atoms. The Kier molecular flexibility index (Phi) is 5.43. The number of nitrogens with zero attached hydrogens (tertiary/aromatic N) is 1. The number of hydrogen-bond acceptors (Lipinski definition) is 3. The molecule has 0 aliphatic rings. The molecule has 6 nitrogen and oxygen atoms in total. The van der Waals surface area contributed by atoms with Crippen LogP contribution in [0, 0.1) is 17.0 Å². The van der Waals surface area contributed by atoms with Crippen LogP contribution in [0.2, 0.25) is 0 Å². The summed E-state index contributed by atoms with van der Waals surface area (Å²) in [5.41, 5.74) is 1.98. The van der Waals surface area contributed by atoms with Crippen molar-refractivity contribution in [3.8, 4) is 0 Å². The lowest BCUT2D eigenvalue weighted by atomic mass is 10.1. The molecule has 0 radical (unpaired) electrons. The number of amides is 1. The molecule has 0 spiro atoms. The molecule has 0 aromatic heterocycles. The SMILES string of the molecule is Cc1cccc([N+](=O)[O-])c1NC(=O)C[NH2+][C@@H](C)c1ccccc1. The molecule has 0 fully saturated rings. The number of nitro benzene ring substituents is 1. The minimum Gasteiger partial charge on any atom is -0.333 e. The first-order chi connectivity index (χ1) is 11.0. The van der Waals surface area contributed by atoms with Gasteiger partial charge in [0.25, 0.3) is 11.6 Å². The molecule has 3 N–H and O–H groups in total. The maximum Gasteiger partial charge on any atom is 0.293 e. The van der Waals surface area contributed by atoms with Gasteiger partial charge in [-0.15, -0.1) is 0 Å². The minimum atomic E-state index is -0.487.